The Kier molecular flexibility index (Phi) is 2.78. The lowest BCUT2D eigenvalue weighted by Gasteiger charge is -2.15. The summed E-state index contributed by atoms with van der Waals surface area (Å²) in [5, 5.41) is -4.05. The Hall–Kier alpha value is -7.62. The van der Waals surface area contributed by atoms with Crippen LogP contribution < -0.4 is 0 Å². The molecule has 0 aliphatic heterocycles. The summed E-state index contributed by atoms with van der Waals surface area (Å²) in [6.07, 6.45) is 0. The molecule has 266 valence electrons. The van der Waals surface area contributed by atoms with Crippen LogP contribution in [0.2, 0.25) is 0 Å². The number of aromatic nitrogens is 3. The Morgan fingerprint density at radius 1 is 0.263 bits per heavy atom. The van der Waals surface area contributed by atoms with Crippen molar-refractivity contribution in [2.75, 3.05) is 0 Å². The van der Waals surface area contributed by atoms with Gasteiger partial charge in [0, 0.05) is 43.7 Å². The molecule has 0 radical (unpaired) electrons. The smallest absolute Gasteiger partial charge is 0.0782 e. The quantitative estimate of drug-likeness (QED) is 0.166. The van der Waals surface area contributed by atoms with Gasteiger partial charge in [-0.15, -0.1) is 0 Å². The zero-order valence-corrected chi connectivity index (χ0v) is 28.3. The lowest BCUT2D eigenvalue weighted by molar-refractivity contribution is 1.13. The second-order valence-electron chi connectivity index (χ2n) is 12.3. The van der Waals surface area contributed by atoms with Crippen molar-refractivity contribution in [1.29, 1.82) is 0 Å². The average molecular weight is 761 g/mol. The zero-order chi connectivity index (χ0) is 67.9. The van der Waals surface area contributed by atoms with Gasteiger partial charge in [-0.1, -0.05) is 157 Å². The Morgan fingerprint density at radius 2 is 0.702 bits per heavy atom. The van der Waals surface area contributed by atoms with E-state index >= 15 is 0 Å². The van der Waals surface area contributed by atoms with Crippen LogP contribution in [0.25, 0.3) is 105 Å². The maximum atomic E-state index is 10.5. The van der Waals surface area contributed by atoms with Gasteiger partial charge in [0.05, 0.1) is 86.8 Å². The highest BCUT2D eigenvalue weighted by molar-refractivity contribution is 6.16. The SMILES string of the molecule is [2H]c1c([2H])c([2H])c(-c2c([2H])c([2H])c(-c3c([2H])c([2H])c([2H])c(-n4c5c([2H])c([2H])c([2H])c([2H])c5c5c([2H])c([2H])c(-n6c7c([2H])c([2H])c([2H])c([2H])c7c7c([2H])c([2H])c([2H])c(-n8c9c([2H])c([2H])c([2H])c([2H])c9c9c([2H])c([2H])c([2H])c([2H])c98)c76)c([2H])c54)c3[2H])c([2H])c2[2H])c([2H])c1[2H]. The van der Waals surface area contributed by atoms with E-state index in [1.807, 2.05) is 0 Å². The van der Waals surface area contributed by atoms with Gasteiger partial charge in [-0.2, -0.15) is 0 Å². The molecule has 0 bridgehead atoms. The fourth-order valence-electron chi connectivity index (χ4n) is 6.93. The molecule has 0 fully saturated rings. The molecule has 57 heavy (non-hydrogen) atoms. The summed E-state index contributed by atoms with van der Waals surface area (Å²) in [6, 6.07) is -36.0. The van der Waals surface area contributed by atoms with E-state index in [2.05, 4.69) is 0 Å². The zero-order valence-electron chi connectivity index (χ0n) is 63.3. The normalized spacial score (nSPS) is 20.5. The first kappa shape index (κ1) is 12.7. The third-order valence-corrected chi connectivity index (χ3v) is 9.28. The van der Waals surface area contributed by atoms with Gasteiger partial charge in [0.1, 0.15) is 0 Å². The molecule has 3 heteroatoms. The van der Waals surface area contributed by atoms with E-state index in [1.165, 1.54) is 0 Å². The van der Waals surface area contributed by atoms with E-state index in [0.717, 1.165) is 4.57 Å². The summed E-state index contributed by atoms with van der Waals surface area (Å²) in [6.45, 7) is 0. The number of hydrogen-bond acceptors (Lipinski definition) is 0. The molecule has 0 saturated heterocycles. The van der Waals surface area contributed by atoms with Crippen molar-refractivity contribution >= 4 is 65.4 Å². The molecule has 0 saturated carbocycles. The molecule has 0 aliphatic carbocycles. The van der Waals surface area contributed by atoms with Gasteiger partial charge in [-0.25, -0.2) is 0 Å². The molecule has 0 unspecified atom stereocenters. The average Bonchev–Trinajstić information content (AvgIpc) is 1.51. The number of rotatable bonds is 5. The van der Waals surface area contributed by atoms with Crippen LogP contribution in [0.4, 0.5) is 0 Å². The maximum Gasteiger partial charge on any atom is 0.0782 e. The van der Waals surface area contributed by atoms with Crippen molar-refractivity contribution in [2.45, 2.75) is 0 Å². The summed E-state index contributed by atoms with van der Waals surface area (Å²) < 4.78 is 322. The number of fused-ring (bicyclic) bond motifs is 9. The molecular formula is C54H35N3. The summed E-state index contributed by atoms with van der Waals surface area (Å²) in [7, 11) is 0. The largest absolute Gasteiger partial charge is 0.309 e. The van der Waals surface area contributed by atoms with E-state index < -0.39 is 316 Å². The molecule has 9 aromatic carbocycles. The predicted molar refractivity (Wildman–Crippen MR) is 240 cm³/mol. The molecule has 0 N–H and O–H groups in total. The first-order valence-corrected chi connectivity index (χ1v) is 16.8. The summed E-state index contributed by atoms with van der Waals surface area (Å²) in [5.41, 5.74) is -11.3. The van der Waals surface area contributed by atoms with Gasteiger partial charge in [0.25, 0.3) is 0 Å². The van der Waals surface area contributed by atoms with Gasteiger partial charge in [-0.05, 0) is 76.6 Å². The Morgan fingerprint density at radius 3 is 1.35 bits per heavy atom. The van der Waals surface area contributed by atoms with Gasteiger partial charge < -0.3 is 13.7 Å². The molecule has 12 rings (SSSR count). The van der Waals surface area contributed by atoms with E-state index in [1.54, 1.807) is 0 Å². The van der Waals surface area contributed by atoms with Crippen LogP contribution in [-0.4, -0.2) is 13.7 Å². The number of nitrogens with zero attached hydrogens (tertiary/aromatic N) is 3. The first-order valence-electron chi connectivity index (χ1n) is 34.3. The van der Waals surface area contributed by atoms with Crippen molar-refractivity contribution in [3.63, 3.8) is 0 Å². The lowest BCUT2D eigenvalue weighted by atomic mass is 10.00. The van der Waals surface area contributed by atoms with Crippen molar-refractivity contribution in [2.24, 2.45) is 0 Å². The third kappa shape index (κ3) is 4.79. The van der Waals surface area contributed by atoms with E-state index in [-0.39, 0.29) is 0 Å². The van der Waals surface area contributed by atoms with Crippen LogP contribution in [0.15, 0.2) is 211 Å². The van der Waals surface area contributed by atoms with E-state index in [9.17, 15) is 24.7 Å². The van der Waals surface area contributed by atoms with Crippen LogP contribution in [0.1, 0.15) is 48.0 Å². The Bertz CT molecular complexity index is 5450. The molecule has 3 aromatic heterocycles. The minimum atomic E-state index is -1.21. The molecule has 3 nitrogen and oxygen atoms in total. The van der Waals surface area contributed by atoms with Gasteiger partial charge in [0.15, 0.2) is 0 Å². The molecule has 0 atom stereocenters. The highest BCUT2D eigenvalue weighted by atomic mass is 15.1. The Labute approximate surface area is 378 Å². The van der Waals surface area contributed by atoms with Crippen molar-refractivity contribution < 1.29 is 48.0 Å². The van der Waals surface area contributed by atoms with Gasteiger partial charge in [0.2, 0.25) is 0 Å². The highest BCUT2D eigenvalue weighted by Gasteiger charge is 2.21. The fourth-order valence-corrected chi connectivity index (χ4v) is 6.93. The van der Waals surface area contributed by atoms with Crippen LogP contribution in [0.3, 0.4) is 0 Å². The minimum Gasteiger partial charge on any atom is -0.309 e. The van der Waals surface area contributed by atoms with Gasteiger partial charge >= 0.3 is 0 Å². The second-order valence-corrected chi connectivity index (χ2v) is 12.3. The minimum absolute atomic E-state index is 0.581. The highest BCUT2D eigenvalue weighted by Crippen LogP contribution is 2.41. The van der Waals surface area contributed by atoms with Gasteiger partial charge in [-0.3, -0.25) is 0 Å². The van der Waals surface area contributed by atoms with Crippen LogP contribution in [-0.2, 0) is 0 Å². The molecule has 0 amide bonds. The maximum absolute atomic E-state index is 10.5. The van der Waals surface area contributed by atoms with Crippen molar-refractivity contribution in [3.8, 4) is 39.3 Å². The Balaban J connectivity index is 1.34. The third-order valence-electron chi connectivity index (χ3n) is 9.28. The molecule has 3 heterocycles. The number of hydrogen-bond donors (Lipinski definition) is 0. The standard InChI is InChI=1S/C54H35N3/c1-2-14-36(15-3-1)37-28-30-38(31-29-37)39-16-12-17-40(34-39)55-48-23-8-4-20-44(48)46-33-32-41(35-53(46)55)56-49-24-9-7-21-45(49)47-22-13-27-52(54(47)56)57-50-25-10-5-18-42(50)43-19-6-11-26-51(43)57/h1-35H/i1D,2D,3D,4D,5D,6D,7D,8D,9D,10D,11D,12D,13D,14D,15D,16D,17D,18D,19D,20D,21D,22D,23D,24D,25D,26D,27D,28D,29D,30D,31D,32D,33D,34D,35D. The molecule has 12 aromatic rings. The van der Waals surface area contributed by atoms with Crippen molar-refractivity contribution in [1.82, 2.24) is 13.7 Å². The fraction of sp³-hybridized carbons (Fsp3) is 0. The summed E-state index contributed by atoms with van der Waals surface area (Å²) in [4.78, 5) is 0. The monoisotopic (exact) mass is 761 g/mol. The van der Waals surface area contributed by atoms with Crippen LogP contribution in [0, 0.1) is 0 Å². The van der Waals surface area contributed by atoms with Crippen molar-refractivity contribution in [3.05, 3.63) is 211 Å². The number of benzene rings is 9. The van der Waals surface area contributed by atoms with E-state index in [0.29, 0.717) is 9.13 Å². The predicted octanol–water partition coefficient (Wildman–Crippen LogP) is 14.3. The second kappa shape index (κ2) is 12.5. The van der Waals surface area contributed by atoms with E-state index in [4.69, 9.17) is 23.3 Å². The lowest BCUT2D eigenvalue weighted by Crippen LogP contribution is -2.01. The molecule has 0 aliphatic rings. The molecule has 0 spiro atoms. The molecular weight excluding hydrogens is 691 g/mol. The topological polar surface area (TPSA) is 14.8 Å². The summed E-state index contributed by atoms with van der Waals surface area (Å²) in [5.74, 6) is 0. The van der Waals surface area contributed by atoms with Crippen LogP contribution in [0.5, 0.6) is 0 Å². The van der Waals surface area contributed by atoms with Crippen LogP contribution >= 0.6 is 0 Å². The number of para-hydroxylation sites is 5. The first-order chi connectivity index (χ1) is 42.9. The summed E-state index contributed by atoms with van der Waals surface area (Å²) >= 11 is 0.